The summed E-state index contributed by atoms with van der Waals surface area (Å²) >= 11 is 9.52. The first-order chi connectivity index (χ1) is 6.02. The van der Waals surface area contributed by atoms with Gasteiger partial charge < -0.3 is 0 Å². The van der Waals surface area contributed by atoms with Crippen molar-refractivity contribution in [3.05, 3.63) is 34.9 Å². The molecule has 68 valence electrons. The molecule has 0 fully saturated rings. The Bertz CT molecular complexity index is 264. The van der Waals surface area contributed by atoms with Crippen LogP contribution in [0.2, 0.25) is 5.02 Å². The molecule has 6 heteroatoms. The fraction of sp³-hybridized carbons (Fsp3) is 0.143. The predicted octanol–water partition coefficient (Wildman–Crippen LogP) is 4.00. The van der Waals surface area contributed by atoms with Gasteiger partial charge in [0.2, 0.25) is 0 Å². The van der Waals surface area contributed by atoms with E-state index in [0.717, 1.165) is 12.1 Å². The van der Waals surface area contributed by atoms with Crippen LogP contribution in [-0.4, -0.2) is 0 Å². The van der Waals surface area contributed by atoms with Crippen molar-refractivity contribution in [3.63, 3.8) is 0 Å². The summed E-state index contributed by atoms with van der Waals surface area (Å²) in [6, 6.07) is 5.61. The first-order valence-electron chi connectivity index (χ1n) is 3.01. The second kappa shape index (κ2) is 5.99. The minimum absolute atomic E-state index is 0.295. The third-order valence-electron chi connectivity index (χ3n) is 1.12. The molecule has 0 heterocycles. The van der Waals surface area contributed by atoms with Crippen molar-refractivity contribution in [2.45, 2.75) is 6.18 Å². The normalized spacial score (nSPS) is 10.4. The van der Waals surface area contributed by atoms with E-state index in [1.807, 2.05) is 0 Å². The maximum absolute atomic E-state index is 11.9. The molecular weight excluding hydrogens is 322 g/mol. The van der Waals surface area contributed by atoms with E-state index in [9.17, 15) is 13.2 Å². The molecule has 0 amide bonds. The van der Waals surface area contributed by atoms with Crippen molar-refractivity contribution < 1.29 is 29.5 Å². The van der Waals surface area contributed by atoms with Crippen LogP contribution in [0.3, 0.4) is 0 Å². The molecular formula is C7H3BrClF3Zn. The Morgan fingerprint density at radius 3 is 2.23 bits per heavy atom. The zero-order valence-electron chi connectivity index (χ0n) is 6.33. The van der Waals surface area contributed by atoms with E-state index in [4.69, 9.17) is 11.6 Å². The van der Waals surface area contributed by atoms with Gasteiger partial charge in [-0.2, -0.15) is 37.4 Å². The molecule has 0 saturated heterocycles. The molecule has 0 bridgehead atoms. The fourth-order valence-electron chi connectivity index (χ4n) is 0.629. The van der Waals surface area contributed by atoms with Crippen LogP contribution in [0.15, 0.2) is 18.2 Å². The zero-order valence-corrected chi connectivity index (χ0v) is 11.6. The first kappa shape index (κ1) is 13.4. The van der Waals surface area contributed by atoms with Crippen LogP contribution < -0.4 is 0 Å². The van der Waals surface area contributed by atoms with E-state index in [1.54, 1.807) is 0 Å². The number of benzene rings is 1. The molecule has 0 atom stereocenters. The first-order valence-corrected chi connectivity index (χ1v) is 10.3. The van der Waals surface area contributed by atoms with Gasteiger partial charge in [0.15, 0.2) is 0 Å². The maximum atomic E-state index is 11.9. The molecule has 0 nitrogen and oxygen atoms in total. The van der Waals surface area contributed by atoms with Crippen LogP contribution in [0.25, 0.3) is 0 Å². The van der Waals surface area contributed by atoms with Gasteiger partial charge in [0.1, 0.15) is 0 Å². The average molecular weight is 325 g/mol. The third kappa shape index (κ3) is 4.43. The molecule has 1 aromatic rings. The second-order valence-electron chi connectivity index (χ2n) is 1.90. The van der Waals surface area contributed by atoms with Crippen molar-refractivity contribution in [2.24, 2.45) is 0 Å². The van der Waals surface area contributed by atoms with Crippen molar-refractivity contribution in [2.75, 3.05) is 0 Å². The fourth-order valence-corrected chi connectivity index (χ4v) is 0.853. The van der Waals surface area contributed by atoms with Crippen LogP contribution in [-0.2, 0) is 22.5 Å². The molecule has 0 N–H and O–H groups in total. The molecule has 0 spiro atoms. The van der Waals surface area contributed by atoms with E-state index < -0.39 is 11.7 Å². The van der Waals surface area contributed by atoms with E-state index in [1.165, 1.54) is 22.4 Å². The van der Waals surface area contributed by atoms with Gasteiger partial charge in [0.05, 0.1) is 0 Å². The molecule has 0 radical (unpaired) electrons. The second-order valence-corrected chi connectivity index (χ2v) is 2.31. The molecule has 13 heavy (non-hydrogen) atoms. The van der Waals surface area contributed by atoms with Crippen molar-refractivity contribution >= 4 is 25.2 Å². The summed E-state index contributed by atoms with van der Waals surface area (Å²) in [7, 11) is 0. The summed E-state index contributed by atoms with van der Waals surface area (Å²) in [5, 5.41) is -0.295. The Balaban J connectivity index is 0.000000671. The molecule has 1 rings (SSSR count). The SMILES string of the molecule is FC(F)(F)c1c[c-]ccc1Cl.[Zn+][Br]. The topological polar surface area (TPSA) is 0 Å². The Kier molecular flexibility index (Phi) is 6.18. The molecule has 0 aliphatic rings. The summed E-state index contributed by atoms with van der Waals surface area (Å²) in [5.74, 6) is 0. The van der Waals surface area contributed by atoms with E-state index >= 15 is 0 Å². The Morgan fingerprint density at radius 1 is 1.38 bits per heavy atom. The Morgan fingerprint density at radius 2 is 1.92 bits per heavy atom. The minimum atomic E-state index is -4.38. The molecule has 1 aromatic carbocycles. The van der Waals surface area contributed by atoms with Crippen LogP contribution in [0, 0.1) is 6.07 Å². The van der Waals surface area contributed by atoms with Gasteiger partial charge in [0.25, 0.3) is 0 Å². The van der Waals surface area contributed by atoms with Gasteiger partial charge in [-0.25, -0.2) is 0 Å². The van der Waals surface area contributed by atoms with E-state index in [2.05, 4.69) is 19.7 Å². The van der Waals surface area contributed by atoms with Crippen molar-refractivity contribution in [3.8, 4) is 0 Å². The Hall–Kier alpha value is 0.403. The monoisotopic (exact) mass is 322 g/mol. The van der Waals surface area contributed by atoms with Gasteiger partial charge >= 0.3 is 36.1 Å². The molecule has 0 aromatic heterocycles. The molecule has 0 aliphatic heterocycles. The standard InChI is InChI=1S/C7H3ClF3.BrH.Zn/c8-6-4-2-1-3-5(6)7(9,10)11;;/h2-4H;1H;/q-1;;+2/p-1. The number of halogens is 5. The van der Waals surface area contributed by atoms with Crippen molar-refractivity contribution in [1.82, 2.24) is 0 Å². The predicted molar refractivity (Wildman–Crippen MR) is 44.2 cm³/mol. The molecule has 0 saturated carbocycles. The third-order valence-corrected chi connectivity index (χ3v) is 1.45. The number of alkyl halides is 3. The van der Waals surface area contributed by atoms with Crippen LogP contribution in [0.5, 0.6) is 0 Å². The average Bonchev–Trinajstić information content (AvgIpc) is 2.07. The summed E-state index contributed by atoms with van der Waals surface area (Å²) in [4.78, 5) is 0. The van der Waals surface area contributed by atoms with Crippen LogP contribution in [0.1, 0.15) is 5.56 Å². The summed E-state index contributed by atoms with van der Waals surface area (Å²) < 4.78 is 35.8. The van der Waals surface area contributed by atoms with Gasteiger partial charge in [-0.1, -0.05) is 5.02 Å². The number of rotatable bonds is 0. The van der Waals surface area contributed by atoms with Crippen molar-refractivity contribution in [1.29, 1.82) is 0 Å². The quantitative estimate of drug-likeness (QED) is 0.500. The van der Waals surface area contributed by atoms with Gasteiger partial charge in [-0.3, -0.25) is 0 Å². The number of hydrogen-bond acceptors (Lipinski definition) is 0. The Labute approximate surface area is 95.5 Å². The number of hydrogen-bond donors (Lipinski definition) is 0. The van der Waals surface area contributed by atoms with Crippen LogP contribution in [0.4, 0.5) is 13.2 Å². The summed E-state index contributed by atoms with van der Waals surface area (Å²) in [6.07, 6.45) is -4.38. The summed E-state index contributed by atoms with van der Waals surface area (Å²) in [6.45, 7) is 0. The van der Waals surface area contributed by atoms with E-state index in [-0.39, 0.29) is 5.02 Å². The van der Waals surface area contributed by atoms with Gasteiger partial charge in [0, 0.05) is 0 Å². The van der Waals surface area contributed by atoms with Gasteiger partial charge in [-0.15, -0.1) is 11.6 Å². The molecule has 0 unspecified atom stereocenters. The summed E-state index contributed by atoms with van der Waals surface area (Å²) in [5.41, 5.74) is -0.846. The van der Waals surface area contributed by atoms with E-state index in [0.29, 0.717) is 0 Å². The van der Waals surface area contributed by atoms with Gasteiger partial charge in [-0.05, 0) is 5.56 Å². The van der Waals surface area contributed by atoms with Crippen LogP contribution >= 0.6 is 25.2 Å². The molecule has 0 aliphatic carbocycles. The zero-order chi connectivity index (χ0) is 10.5.